The Balaban J connectivity index is 1.48. The zero-order valence-electron chi connectivity index (χ0n) is 14.4. The van der Waals surface area contributed by atoms with Crippen LogP contribution in [0, 0.1) is 6.92 Å². The second-order valence-corrected chi connectivity index (χ2v) is 7.12. The van der Waals surface area contributed by atoms with Crippen LogP contribution in [0.1, 0.15) is 12.0 Å². The molecule has 0 aliphatic carbocycles. The molecule has 1 aliphatic heterocycles. The van der Waals surface area contributed by atoms with Crippen LogP contribution in [0.4, 0.5) is 0 Å². The largest absolute Gasteiger partial charge is 0.383 e. The van der Waals surface area contributed by atoms with E-state index in [1.807, 2.05) is 25.1 Å². The van der Waals surface area contributed by atoms with Crippen molar-refractivity contribution in [3.05, 3.63) is 23.8 Å². The second-order valence-electron chi connectivity index (χ2n) is 6.15. The first kappa shape index (κ1) is 17.8. The van der Waals surface area contributed by atoms with Gasteiger partial charge in [0.2, 0.25) is 11.8 Å². The quantitative estimate of drug-likeness (QED) is 0.726. The van der Waals surface area contributed by atoms with Crippen LogP contribution in [-0.2, 0) is 14.3 Å². The molecule has 25 heavy (non-hydrogen) atoms. The van der Waals surface area contributed by atoms with Gasteiger partial charge in [0, 0.05) is 26.6 Å². The van der Waals surface area contributed by atoms with Gasteiger partial charge in [-0.3, -0.25) is 9.59 Å². The summed E-state index contributed by atoms with van der Waals surface area (Å²) in [6, 6.07) is 5.88. The lowest BCUT2D eigenvalue weighted by atomic mass is 10.2. The molecule has 1 saturated heterocycles. The maximum Gasteiger partial charge on any atom is 0.230 e. The molecule has 2 heterocycles. The number of aromatic amines is 1. The van der Waals surface area contributed by atoms with Crippen molar-refractivity contribution in [1.82, 2.24) is 20.2 Å². The highest BCUT2D eigenvalue weighted by molar-refractivity contribution is 7.99. The zero-order valence-corrected chi connectivity index (χ0v) is 15.2. The molecular weight excluding hydrogens is 340 g/mol. The number of carbonyl (C=O) groups excluding carboxylic acids is 2. The van der Waals surface area contributed by atoms with E-state index in [-0.39, 0.29) is 23.6 Å². The molecule has 1 atom stereocenters. The molecule has 7 nitrogen and oxygen atoms in total. The van der Waals surface area contributed by atoms with Gasteiger partial charge in [-0.2, -0.15) is 0 Å². The number of benzene rings is 1. The predicted octanol–water partition coefficient (Wildman–Crippen LogP) is 1.33. The predicted molar refractivity (Wildman–Crippen MR) is 96.6 cm³/mol. The van der Waals surface area contributed by atoms with Crippen LogP contribution in [0.5, 0.6) is 0 Å². The summed E-state index contributed by atoms with van der Waals surface area (Å²) in [6.45, 7) is 3.64. The number of likely N-dealkylation sites (tertiary alicyclic amines) is 1. The molecule has 2 N–H and O–H groups in total. The maximum atomic E-state index is 12.1. The maximum absolute atomic E-state index is 12.1. The van der Waals surface area contributed by atoms with Crippen molar-refractivity contribution in [2.24, 2.45) is 0 Å². The Morgan fingerprint density at radius 3 is 3.16 bits per heavy atom. The number of methoxy groups -OCH3 is 1. The Labute approximate surface area is 150 Å². The third-order valence-electron chi connectivity index (χ3n) is 4.10. The minimum absolute atomic E-state index is 0.0580. The Hall–Kier alpha value is -2.06. The van der Waals surface area contributed by atoms with E-state index in [4.69, 9.17) is 4.74 Å². The van der Waals surface area contributed by atoms with E-state index in [1.54, 1.807) is 12.0 Å². The van der Waals surface area contributed by atoms with Crippen molar-refractivity contribution in [1.29, 1.82) is 0 Å². The number of imidazole rings is 1. The Kier molecular flexibility index (Phi) is 5.60. The number of aryl methyl sites for hydroxylation is 1. The van der Waals surface area contributed by atoms with E-state index in [9.17, 15) is 9.59 Å². The van der Waals surface area contributed by atoms with E-state index in [0.717, 1.165) is 21.8 Å². The van der Waals surface area contributed by atoms with Crippen molar-refractivity contribution in [3.63, 3.8) is 0 Å². The minimum Gasteiger partial charge on any atom is -0.383 e. The number of amides is 2. The first-order valence-corrected chi connectivity index (χ1v) is 9.19. The van der Waals surface area contributed by atoms with Gasteiger partial charge in [-0.1, -0.05) is 17.8 Å². The molecule has 2 aromatic rings. The van der Waals surface area contributed by atoms with Gasteiger partial charge in [-0.05, 0) is 24.6 Å². The molecule has 0 bridgehead atoms. The van der Waals surface area contributed by atoms with Crippen molar-refractivity contribution in [2.45, 2.75) is 24.5 Å². The molecule has 1 aromatic heterocycles. The summed E-state index contributed by atoms with van der Waals surface area (Å²) in [7, 11) is 1.61. The molecule has 134 valence electrons. The molecule has 1 aromatic carbocycles. The van der Waals surface area contributed by atoms with Gasteiger partial charge in [0.15, 0.2) is 5.16 Å². The molecular formula is C17H22N4O3S. The van der Waals surface area contributed by atoms with Gasteiger partial charge in [-0.15, -0.1) is 0 Å². The lowest BCUT2D eigenvalue weighted by Crippen LogP contribution is -2.38. The highest BCUT2D eigenvalue weighted by Crippen LogP contribution is 2.20. The lowest BCUT2D eigenvalue weighted by Gasteiger charge is -2.16. The van der Waals surface area contributed by atoms with Crippen molar-refractivity contribution in [2.75, 3.05) is 32.6 Å². The van der Waals surface area contributed by atoms with Gasteiger partial charge in [-0.25, -0.2) is 4.98 Å². The second kappa shape index (κ2) is 7.88. The van der Waals surface area contributed by atoms with Gasteiger partial charge in [0.25, 0.3) is 0 Å². The number of hydrogen-bond donors (Lipinski definition) is 2. The summed E-state index contributed by atoms with van der Waals surface area (Å²) in [6.07, 6.45) is 0.351. The number of thioether (sulfide) groups is 1. The number of ether oxygens (including phenoxy) is 1. The van der Waals surface area contributed by atoms with Crippen LogP contribution >= 0.6 is 11.8 Å². The van der Waals surface area contributed by atoms with Crippen LogP contribution in [0.2, 0.25) is 0 Å². The van der Waals surface area contributed by atoms with Crippen molar-refractivity contribution < 1.29 is 14.3 Å². The summed E-state index contributed by atoms with van der Waals surface area (Å²) in [5, 5.41) is 3.65. The number of H-pyrrole nitrogens is 1. The van der Waals surface area contributed by atoms with Crippen LogP contribution in [0.3, 0.4) is 0 Å². The Morgan fingerprint density at radius 1 is 1.52 bits per heavy atom. The highest BCUT2D eigenvalue weighted by Gasteiger charge is 2.30. The van der Waals surface area contributed by atoms with E-state index in [2.05, 4.69) is 15.3 Å². The minimum atomic E-state index is -0.129. The molecule has 0 radical (unpaired) electrons. The first-order chi connectivity index (χ1) is 12.0. The van der Waals surface area contributed by atoms with Gasteiger partial charge >= 0.3 is 0 Å². The van der Waals surface area contributed by atoms with Gasteiger partial charge in [0.05, 0.1) is 29.4 Å². The third kappa shape index (κ3) is 4.52. The van der Waals surface area contributed by atoms with E-state index < -0.39 is 0 Å². The van der Waals surface area contributed by atoms with Gasteiger partial charge in [0.1, 0.15) is 0 Å². The summed E-state index contributed by atoms with van der Waals surface area (Å²) in [4.78, 5) is 33.4. The number of nitrogens with one attached hydrogen (secondary N) is 2. The van der Waals surface area contributed by atoms with E-state index >= 15 is 0 Å². The molecule has 0 saturated carbocycles. The number of fused-ring (bicyclic) bond motifs is 1. The fraction of sp³-hybridized carbons (Fsp3) is 0.471. The summed E-state index contributed by atoms with van der Waals surface area (Å²) < 4.78 is 4.99. The van der Waals surface area contributed by atoms with E-state index in [1.165, 1.54) is 11.8 Å². The number of rotatable bonds is 7. The normalized spacial score (nSPS) is 17.4. The number of hydrogen-bond acceptors (Lipinski definition) is 5. The van der Waals surface area contributed by atoms with Gasteiger partial charge < -0.3 is 19.9 Å². The van der Waals surface area contributed by atoms with Crippen LogP contribution in [0.15, 0.2) is 23.4 Å². The Bertz CT molecular complexity index is 776. The number of carbonyl (C=O) groups is 2. The van der Waals surface area contributed by atoms with Crippen LogP contribution < -0.4 is 5.32 Å². The Morgan fingerprint density at radius 2 is 2.36 bits per heavy atom. The molecule has 8 heteroatoms. The fourth-order valence-corrected chi connectivity index (χ4v) is 3.55. The lowest BCUT2D eigenvalue weighted by molar-refractivity contribution is -0.128. The molecule has 0 unspecified atom stereocenters. The van der Waals surface area contributed by atoms with Crippen molar-refractivity contribution in [3.8, 4) is 0 Å². The SMILES string of the molecule is COCCN1C[C@H](NC(=O)CSc2nc3ccc(C)cc3[nH]2)CC1=O. The van der Waals surface area contributed by atoms with Crippen LogP contribution in [0.25, 0.3) is 11.0 Å². The highest BCUT2D eigenvalue weighted by atomic mass is 32.2. The van der Waals surface area contributed by atoms with Crippen molar-refractivity contribution >= 4 is 34.6 Å². The zero-order chi connectivity index (χ0) is 17.8. The summed E-state index contributed by atoms with van der Waals surface area (Å²) in [5.41, 5.74) is 3.02. The monoisotopic (exact) mass is 362 g/mol. The van der Waals surface area contributed by atoms with Crippen LogP contribution in [-0.4, -0.2) is 65.3 Å². The number of aromatic nitrogens is 2. The smallest absolute Gasteiger partial charge is 0.230 e. The fourth-order valence-electron chi connectivity index (χ4n) is 2.86. The average Bonchev–Trinajstić information content (AvgIpc) is 3.13. The summed E-state index contributed by atoms with van der Waals surface area (Å²) in [5.74, 6) is 0.234. The van der Waals surface area contributed by atoms with E-state index in [0.29, 0.717) is 26.1 Å². The average molecular weight is 362 g/mol. The standard InChI is InChI=1S/C17H22N4O3S/c1-11-3-4-13-14(7-11)20-17(19-13)25-10-15(22)18-12-8-16(23)21(9-12)5-6-24-2/h3-4,7,12H,5-6,8-10H2,1-2H3,(H,18,22)(H,19,20)/t12-/m1/s1. The molecule has 0 spiro atoms. The number of nitrogens with zero attached hydrogens (tertiary/aromatic N) is 2. The molecule has 1 aliphatic rings. The molecule has 3 rings (SSSR count). The topological polar surface area (TPSA) is 87.3 Å². The first-order valence-electron chi connectivity index (χ1n) is 8.20. The third-order valence-corrected chi connectivity index (χ3v) is 4.97. The summed E-state index contributed by atoms with van der Waals surface area (Å²) >= 11 is 1.36. The molecule has 1 fully saturated rings. The molecule has 2 amide bonds.